The molecule has 1 aromatic rings. The lowest BCUT2D eigenvalue weighted by Gasteiger charge is -2.24. The first-order chi connectivity index (χ1) is 8.06. The van der Waals surface area contributed by atoms with Gasteiger partial charge in [-0.3, -0.25) is 4.90 Å². The van der Waals surface area contributed by atoms with Crippen LogP contribution >= 0.6 is 11.6 Å². The molecule has 2 N–H and O–H groups in total. The Balaban J connectivity index is 2.67. The quantitative estimate of drug-likeness (QED) is 0.783. The number of anilines is 1. The van der Waals surface area contributed by atoms with E-state index < -0.39 is 0 Å². The van der Waals surface area contributed by atoms with E-state index in [0.29, 0.717) is 0 Å². The minimum atomic E-state index is 0.725. The third-order valence-corrected chi connectivity index (χ3v) is 3.54. The van der Waals surface area contributed by atoms with Gasteiger partial charge in [-0.2, -0.15) is 0 Å². The van der Waals surface area contributed by atoms with E-state index in [1.165, 1.54) is 6.42 Å². The molecular weight excluding hydrogens is 232 g/mol. The average molecular weight is 255 g/mol. The molecular formula is C14H23ClN2. The molecule has 0 aliphatic rings. The van der Waals surface area contributed by atoms with Crippen molar-refractivity contribution in [2.45, 2.75) is 33.7 Å². The van der Waals surface area contributed by atoms with E-state index in [9.17, 15) is 0 Å². The molecule has 0 heterocycles. The number of halogens is 1. The van der Waals surface area contributed by atoms with Crippen molar-refractivity contribution in [1.29, 1.82) is 0 Å². The number of nitrogen functional groups attached to an aromatic ring is 1. The van der Waals surface area contributed by atoms with Gasteiger partial charge in [0.1, 0.15) is 0 Å². The first-order valence-electron chi connectivity index (χ1n) is 6.33. The highest BCUT2D eigenvalue weighted by Gasteiger charge is 2.10. The first-order valence-corrected chi connectivity index (χ1v) is 6.70. The fraction of sp³-hybridized carbons (Fsp3) is 0.571. The topological polar surface area (TPSA) is 29.3 Å². The van der Waals surface area contributed by atoms with Crippen LogP contribution in [-0.4, -0.2) is 18.0 Å². The first kappa shape index (κ1) is 14.3. The van der Waals surface area contributed by atoms with Crippen LogP contribution in [0.1, 0.15) is 32.8 Å². The van der Waals surface area contributed by atoms with Gasteiger partial charge in [0, 0.05) is 23.8 Å². The second-order valence-corrected chi connectivity index (χ2v) is 5.10. The molecule has 0 saturated carbocycles. The molecule has 2 nitrogen and oxygen atoms in total. The Morgan fingerprint density at radius 3 is 2.59 bits per heavy atom. The summed E-state index contributed by atoms with van der Waals surface area (Å²) in [5.74, 6) is 0.725. The van der Waals surface area contributed by atoms with Gasteiger partial charge in [-0.05, 0) is 30.2 Å². The van der Waals surface area contributed by atoms with Crippen LogP contribution in [0.5, 0.6) is 0 Å². The molecule has 0 amide bonds. The smallest absolute Gasteiger partial charge is 0.0471 e. The molecule has 0 bridgehead atoms. The molecule has 1 atom stereocenters. The van der Waals surface area contributed by atoms with Crippen LogP contribution in [0, 0.1) is 5.92 Å². The predicted octanol–water partition coefficient (Wildman–Crippen LogP) is 3.79. The number of nitrogens with two attached hydrogens (primary N) is 1. The Morgan fingerprint density at radius 1 is 1.35 bits per heavy atom. The van der Waals surface area contributed by atoms with Crippen molar-refractivity contribution in [3.63, 3.8) is 0 Å². The molecule has 0 spiro atoms. The molecule has 1 aromatic carbocycles. The lowest BCUT2D eigenvalue weighted by Crippen LogP contribution is -2.28. The van der Waals surface area contributed by atoms with Crippen molar-refractivity contribution in [3.8, 4) is 0 Å². The van der Waals surface area contributed by atoms with Crippen LogP contribution in [-0.2, 0) is 6.54 Å². The van der Waals surface area contributed by atoms with Crippen LogP contribution in [0.4, 0.5) is 5.69 Å². The van der Waals surface area contributed by atoms with Crippen molar-refractivity contribution in [2.75, 3.05) is 18.8 Å². The summed E-state index contributed by atoms with van der Waals surface area (Å²) >= 11 is 6.19. The third-order valence-electron chi connectivity index (χ3n) is 3.19. The summed E-state index contributed by atoms with van der Waals surface area (Å²) in [6, 6.07) is 5.77. The Bertz CT molecular complexity index is 352. The Hall–Kier alpha value is -0.730. The highest BCUT2D eigenvalue weighted by atomic mass is 35.5. The highest BCUT2D eigenvalue weighted by Crippen LogP contribution is 2.21. The zero-order valence-corrected chi connectivity index (χ0v) is 11.8. The molecule has 0 radical (unpaired) electrons. The van der Waals surface area contributed by atoms with Crippen molar-refractivity contribution in [1.82, 2.24) is 4.90 Å². The molecule has 0 aliphatic heterocycles. The number of hydrogen-bond donors (Lipinski definition) is 1. The SMILES string of the molecule is CCC(C)CN(CC)Cc1ccc(N)cc1Cl. The maximum Gasteiger partial charge on any atom is 0.0471 e. The summed E-state index contributed by atoms with van der Waals surface area (Å²) in [6.45, 7) is 9.77. The summed E-state index contributed by atoms with van der Waals surface area (Å²) in [5.41, 5.74) is 7.58. The van der Waals surface area contributed by atoms with E-state index in [0.717, 1.165) is 41.8 Å². The van der Waals surface area contributed by atoms with Gasteiger partial charge < -0.3 is 5.73 Å². The molecule has 0 aliphatic carbocycles. The van der Waals surface area contributed by atoms with E-state index >= 15 is 0 Å². The second kappa shape index (κ2) is 6.87. The van der Waals surface area contributed by atoms with Crippen molar-refractivity contribution in [3.05, 3.63) is 28.8 Å². The minimum Gasteiger partial charge on any atom is -0.399 e. The van der Waals surface area contributed by atoms with Gasteiger partial charge in [0.25, 0.3) is 0 Å². The molecule has 96 valence electrons. The van der Waals surface area contributed by atoms with E-state index in [1.54, 1.807) is 0 Å². The van der Waals surface area contributed by atoms with Crippen molar-refractivity contribution < 1.29 is 0 Å². The Morgan fingerprint density at radius 2 is 2.06 bits per heavy atom. The lowest BCUT2D eigenvalue weighted by molar-refractivity contribution is 0.238. The zero-order valence-electron chi connectivity index (χ0n) is 11.0. The molecule has 1 rings (SSSR count). The predicted molar refractivity (Wildman–Crippen MR) is 76.3 cm³/mol. The molecule has 0 fully saturated rings. The van der Waals surface area contributed by atoms with Gasteiger partial charge in [-0.1, -0.05) is 44.9 Å². The molecule has 3 heteroatoms. The number of hydrogen-bond acceptors (Lipinski definition) is 2. The number of benzene rings is 1. The Kier molecular flexibility index (Phi) is 5.79. The van der Waals surface area contributed by atoms with Crippen molar-refractivity contribution in [2.24, 2.45) is 5.92 Å². The summed E-state index contributed by atoms with van der Waals surface area (Å²) in [6.07, 6.45) is 1.21. The highest BCUT2D eigenvalue weighted by molar-refractivity contribution is 6.31. The van der Waals surface area contributed by atoms with Gasteiger partial charge in [0.15, 0.2) is 0 Å². The molecule has 0 aromatic heterocycles. The standard InChI is InChI=1S/C14H23ClN2/c1-4-11(3)9-17(5-2)10-12-6-7-13(16)8-14(12)15/h6-8,11H,4-5,9-10,16H2,1-3H3. The fourth-order valence-electron chi connectivity index (χ4n) is 1.81. The van der Waals surface area contributed by atoms with Crippen LogP contribution < -0.4 is 5.73 Å². The maximum atomic E-state index is 6.19. The van der Waals surface area contributed by atoms with Crippen molar-refractivity contribution >= 4 is 17.3 Å². The van der Waals surface area contributed by atoms with Gasteiger partial charge in [0.2, 0.25) is 0 Å². The second-order valence-electron chi connectivity index (χ2n) is 4.69. The summed E-state index contributed by atoms with van der Waals surface area (Å²) in [5, 5.41) is 0.771. The van der Waals surface area contributed by atoms with E-state index in [-0.39, 0.29) is 0 Å². The van der Waals surface area contributed by atoms with Gasteiger partial charge in [0.05, 0.1) is 0 Å². The van der Waals surface area contributed by atoms with Crippen LogP contribution in [0.2, 0.25) is 5.02 Å². The van der Waals surface area contributed by atoms with Gasteiger partial charge >= 0.3 is 0 Å². The van der Waals surface area contributed by atoms with E-state index in [4.69, 9.17) is 17.3 Å². The summed E-state index contributed by atoms with van der Waals surface area (Å²) in [7, 11) is 0. The van der Waals surface area contributed by atoms with Crippen LogP contribution in [0.3, 0.4) is 0 Å². The number of nitrogens with zero attached hydrogens (tertiary/aromatic N) is 1. The monoisotopic (exact) mass is 254 g/mol. The molecule has 17 heavy (non-hydrogen) atoms. The van der Waals surface area contributed by atoms with Gasteiger partial charge in [-0.15, -0.1) is 0 Å². The largest absolute Gasteiger partial charge is 0.399 e. The Labute approximate surface area is 110 Å². The van der Waals surface area contributed by atoms with Gasteiger partial charge in [-0.25, -0.2) is 0 Å². The van der Waals surface area contributed by atoms with Crippen LogP contribution in [0.25, 0.3) is 0 Å². The minimum absolute atomic E-state index is 0.725. The number of rotatable bonds is 6. The summed E-state index contributed by atoms with van der Waals surface area (Å²) in [4.78, 5) is 2.42. The fourth-order valence-corrected chi connectivity index (χ4v) is 2.06. The maximum absolute atomic E-state index is 6.19. The molecule has 1 unspecified atom stereocenters. The van der Waals surface area contributed by atoms with E-state index in [2.05, 4.69) is 25.7 Å². The zero-order chi connectivity index (χ0) is 12.8. The third kappa shape index (κ3) is 4.57. The average Bonchev–Trinajstić information content (AvgIpc) is 2.31. The normalized spacial score (nSPS) is 13.0. The van der Waals surface area contributed by atoms with Crippen LogP contribution in [0.15, 0.2) is 18.2 Å². The van der Waals surface area contributed by atoms with E-state index in [1.807, 2.05) is 18.2 Å². The lowest BCUT2D eigenvalue weighted by atomic mass is 10.1. The summed E-state index contributed by atoms with van der Waals surface area (Å²) < 4.78 is 0. The molecule has 0 saturated heterocycles.